The van der Waals surface area contributed by atoms with Crippen molar-refractivity contribution < 1.29 is 9.59 Å². The molecule has 0 spiro atoms. The highest BCUT2D eigenvalue weighted by atomic mass is 16.1. The van der Waals surface area contributed by atoms with Crippen LogP contribution >= 0.6 is 0 Å². The van der Waals surface area contributed by atoms with E-state index < -0.39 is 5.54 Å². The molecule has 0 heterocycles. The Morgan fingerprint density at radius 3 is 2.25 bits per heavy atom. The van der Waals surface area contributed by atoms with E-state index in [0.29, 0.717) is 5.92 Å². The van der Waals surface area contributed by atoms with Crippen molar-refractivity contribution in [3.05, 3.63) is 0 Å². The van der Waals surface area contributed by atoms with Gasteiger partial charge < -0.3 is 0 Å². The maximum Gasteiger partial charge on any atom is 0.235 e. The maximum absolute atomic E-state index is 10.5. The third-order valence-corrected chi connectivity index (χ3v) is 3.45. The van der Waals surface area contributed by atoms with Crippen molar-refractivity contribution in [1.29, 1.82) is 0 Å². The number of aliphatic imine (C=N–C) groups is 2. The van der Waals surface area contributed by atoms with Crippen molar-refractivity contribution >= 4 is 12.2 Å². The lowest BCUT2D eigenvalue weighted by Crippen LogP contribution is -2.51. The van der Waals surface area contributed by atoms with Crippen molar-refractivity contribution in [2.75, 3.05) is 0 Å². The van der Waals surface area contributed by atoms with Crippen LogP contribution in [0.25, 0.3) is 0 Å². The van der Waals surface area contributed by atoms with Crippen molar-refractivity contribution in [3.63, 3.8) is 0 Å². The third-order valence-electron chi connectivity index (χ3n) is 3.45. The minimum atomic E-state index is -0.625. The average molecular weight is 222 g/mol. The van der Waals surface area contributed by atoms with Gasteiger partial charge in [0.05, 0.1) is 11.6 Å². The van der Waals surface area contributed by atoms with E-state index in [0.717, 1.165) is 12.8 Å². The lowest BCUT2D eigenvalue weighted by Gasteiger charge is -2.47. The zero-order valence-electron chi connectivity index (χ0n) is 10.3. The first kappa shape index (κ1) is 12.8. The van der Waals surface area contributed by atoms with Gasteiger partial charge in [-0.05, 0) is 31.1 Å². The van der Waals surface area contributed by atoms with Crippen LogP contribution in [-0.2, 0) is 9.59 Å². The smallest absolute Gasteiger partial charge is 0.211 e. The first-order valence-electron chi connectivity index (χ1n) is 5.52. The van der Waals surface area contributed by atoms with Crippen LogP contribution in [0.3, 0.4) is 0 Å². The third kappa shape index (κ3) is 2.29. The molecule has 88 valence electrons. The molecule has 0 bridgehead atoms. The number of rotatable bonds is 2. The highest BCUT2D eigenvalue weighted by Crippen LogP contribution is 2.47. The van der Waals surface area contributed by atoms with E-state index in [2.05, 4.69) is 16.9 Å². The fourth-order valence-corrected chi connectivity index (χ4v) is 3.32. The van der Waals surface area contributed by atoms with Crippen LogP contribution < -0.4 is 0 Å². The Kier molecular flexibility index (Phi) is 3.47. The van der Waals surface area contributed by atoms with Crippen LogP contribution in [0.5, 0.6) is 0 Å². The van der Waals surface area contributed by atoms with E-state index in [1.54, 1.807) is 12.2 Å². The Morgan fingerprint density at radius 1 is 1.12 bits per heavy atom. The molecule has 1 aliphatic carbocycles. The van der Waals surface area contributed by atoms with Crippen molar-refractivity contribution in [3.8, 4) is 0 Å². The number of nitrogens with zero attached hydrogens (tertiary/aromatic N) is 2. The number of hydrogen-bond donors (Lipinski definition) is 0. The molecular formula is C12H18N2O2. The maximum atomic E-state index is 10.5. The topological polar surface area (TPSA) is 58.9 Å². The summed E-state index contributed by atoms with van der Waals surface area (Å²) in [7, 11) is 0. The predicted octanol–water partition coefficient (Wildman–Crippen LogP) is 2.24. The number of hydrogen-bond acceptors (Lipinski definition) is 4. The quantitative estimate of drug-likeness (QED) is 0.531. The molecule has 4 nitrogen and oxygen atoms in total. The Morgan fingerprint density at radius 2 is 1.75 bits per heavy atom. The molecule has 0 saturated heterocycles. The summed E-state index contributed by atoms with van der Waals surface area (Å²) in [5.74, 6) is 0.454. The first-order chi connectivity index (χ1) is 7.35. The number of isocyanates is 2. The molecule has 1 rings (SSSR count). The molecule has 0 aliphatic heterocycles. The molecule has 0 amide bonds. The van der Waals surface area contributed by atoms with Gasteiger partial charge in [0.15, 0.2) is 0 Å². The molecule has 1 aliphatic rings. The van der Waals surface area contributed by atoms with Crippen molar-refractivity contribution in [2.24, 2.45) is 21.3 Å². The summed E-state index contributed by atoms with van der Waals surface area (Å²) >= 11 is 0. The summed E-state index contributed by atoms with van der Waals surface area (Å²) < 4.78 is 0. The molecule has 0 N–H and O–H groups in total. The van der Waals surface area contributed by atoms with E-state index in [4.69, 9.17) is 0 Å². The Balaban J connectivity index is 3.21. The van der Waals surface area contributed by atoms with E-state index in [9.17, 15) is 9.59 Å². The minimum Gasteiger partial charge on any atom is -0.211 e. The van der Waals surface area contributed by atoms with E-state index in [1.807, 2.05) is 20.8 Å². The van der Waals surface area contributed by atoms with Gasteiger partial charge >= 0.3 is 0 Å². The molecule has 1 saturated carbocycles. The van der Waals surface area contributed by atoms with Gasteiger partial charge in [-0.2, -0.15) is 9.98 Å². The zero-order valence-corrected chi connectivity index (χ0v) is 10.3. The van der Waals surface area contributed by atoms with Crippen LogP contribution in [0.4, 0.5) is 0 Å². The van der Waals surface area contributed by atoms with Gasteiger partial charge in [-0.3, -0.25) is 0 Å². The minimum absolute atomic E-state index is 0.149. The summed E-state index contributed by atoms with van der Waals surface area (Å²) in [6, 6.07) is -0.296. The van der Waals surface area contributed by atoms with E-state index in [1.165, 1.54) is 0 Å². The summed E-state index contributed by atoms with van der Waals surface area (Å²) in [4.78, 5) is 28.8. The molecule has 3 unspecified atom stereocenters. The Hall–Kier alpha value is -1.24. The first-order valence-corrected chi connectivity index (χ1v) is 5.52. The second-order valence-corrected chi connectivity index (χ2v) is 5.69. The van der Waals surface area contributed by atoms with Gasteiger partial charge in [-0.1, -0.05) is 20.8 Å². The Labute approximate surface area is 95.9 Å². The average Bonchev–Trinajstić information content (AvgIpc) is 2.10. The second-order valence-electron chi connectivity index (χ2n) is 5.69. The molecule has 0 radical (unpaired) electrons. The van der Waals surface area contributed by atoms with Gasteiger partial charge in [0.1, 0.15) is 0 Å². The van der Waals surface area contributed by atoms with E-state index in [-0.39, 0.29) is 11.5 Å². The van der Waals surface area contributed by atoms with Gasteiger partial charge in [-0.15, -0.1) is 0 Å². The van der Waals surface area contributed by atoms with Gasteiger partial charge in [0.2, 0.25) is 12.2 Å². The molecule has 0 aromatic rings. The molecule has 4 heteroatoms. The summed E-state index contributed by atoms with van der Waals surface area (Å²) in [5, 5.41) is 0. The fraction of sp³-hybridized carbons (Fsp3) is 0.833. The molecule has 1 fully saturated rings. The number of carbonyl (C=O) groups excluding carboxylic acids is 2. The lowest BCUT2D eigenvalue weighted by atomic mass is 9.61. The fourth-order valence-electron chi connectivity index (χ4n) is 3.32. The largest absolute Gasteiger partial charge is 0.235 e. The van der Waals surface area contributed by atoms with Gasteiger partial charge in [0.25, 0.3) is 0 Å². The van der Waals surface area contributed by atoms with Crippen LogP contribution in [0.2, 0.25) is 0 Å². The van der Waals surface area contributed by atoms with Crippen molar-refractivity contribution in [1.82, 2.24) is 0 Å². The lowest BCUT2D eigenvalue weighted by molar-refractivity contribution is 0.0883. The van der Waals surface area contributed by atoms with Crippen LogP contribution in [-0.4, -0.2) is 23.7 Å². The Bertz CT molecular complexity index is 365. The van der Waals surface area contributed by atoms with E-state index >= 15 is 0 Å². The predicted molar refractivity (Wildman–Crippen MR) is 60.6 cm³/mol. The summed E-state index contributed by atoms with van der Waals surface area (Å²) in [5.41, 5.74) is -0.773. The monoisotopic (exact) mass is 222 g/mol. The molecule has 0 aromatic carbocycles. The van der Waals surface area contributed by atoms with Crippen LogP contribution in [0.1, 0.15) is 40.5 Å². The highest BCUT2D eigenvalue weighted by molar-refractivity contribution is 5.38. The summed E-state index contributed by atoms with van der Waals surface area (Å²) in [6.07, 6.45) is 4.93. The van der Waals surface area contributed by atoms with Crippen LogP contribution in [0, 0.1) is 11.3 Å². The zero-order chi connectivity index (χ0) is 12.4. The SMILES string of the molecule is CC1CC(C)(C)C(N=C=O)C(C)(N=C=O)C1. The molecular weight excluding hydrogens is 204 g/mol. The molecule has 16 heavy (non-hydrogen) atoms. The molecule has 3 atom stereocenters. The standard InChI is InChI=1S/C12H18N2O2/c1-9-5-11(2,3)10(13-7-15)12(4,6-9)14-8-16/h9-10H,5-6H2,1-4H3. The normalized spacial score (nSPS) is 37.0. The molecule has 0 aromatic heterocycles. The second kappa shape index (κ2) is 4.32. The van der Waals surface area contributed by atoms with Crippen molar-refractivity contribution in [2.45, 2.75) is 52.1 Å². The highest BCUT2D eigenvalue weighted by Gasteiger charge is 2.49. The van der Waals surface area contributed by atoms with Gasteiger partial charge in [-0.25, -0.2) is 9.59 Å². The van der Waals surface area contributed by atoms with Crippen LogP contribution in [0.15, 0.2) is 9.98 Å². The van der Waals surface area contributed by atoms with Gasteiger partial charge in [0, 0.05) is 0 Å². The summed E-state index contributed by atoms with van der Waals surface area (Å²) in [6.45, 7) is 8.08.